The normalized spacial score (nSPS) is 22.8. The molecular formula is C22H25N3O3. The number of rotatable bonds is 5. The molecule has 2 aliphatic heterocycles. The maximum Gasteiger partial charge on any atom is 0.265 e. The van der Waals surface area contributed by atoms with Crippen LogP contribution in [0.1, 0.15) is 48.2 Å². The Morgan fingerprint density at radius 1 is 1.04 bits per heavy atom. The summed E-state index contributed by atoms with van der Waals surface area (Å²) in [5.74, 6) is -0.773. The van der Waals surface area contributed by atoms with Gasteiger partial charge in [-0.3, -0.25) is 24.4 Å². The molecule has 1 saturated heterocycles. The molecule has 3 heterocycles. The summed E-state index contributed by atoms with van der Waals surface area (Å²) >= 11 is 0. The third-order valence-electron chi connectivity index (χ3n) is 5.65. The predicted molar refractivity (Wildman–Crippen MR) is 106 cm³/mol. The molecule has 2 aliphatic rings. The molecule has 1 fully saturated rings. The first kappa shape index (κ1) is 18.8. The molecule has 1 aromatic carbocycles. The molecule has 6 heteroatoms. The summed E-state index contributed by atoms with van der Waals surface area (Å²) in [5, 5.41) is 11.3. The van der Waals surface area contributed by atoms with Crippen LogP contribution in [0.2, 0.25) is 0 Å². The predicted octanol–water partition coefficient (Wildman–Crippen LogP) is 2.72. The summed E-state index contributed by atoms with van der Waals surface area (Å²) in [5.41, 5.74) is -0.406. The monoisotopic (exact) mass is 379 g/mol. The van der Waals surface area contributed by atoms with Gasteiger partial charge in [0.15, 0.2) is 11.4 Å². The Hall–Kier alpha value is -2.57. The van der Waals surface area contributed by atoms with Gasteiger partial charge in [0.2, 0.25) is 0 Å². The largest absolute Gasteiger partial charge is 0.375 e. The number of fused-ring (bicyclic) bond motifs is 1. The SMILES string of the molecule is O=C(C[C@@]1(O)C(=O)N(CN2CCCCCC2)c2ccccc21)c1ccccn1. The van der Waals surface area contributed by atoms with E-state index >= 15 is 0 Å². The topological polar surface area (TPSA) is 73.7 Å². The molecule has 1 atom stereocenters. The molecule has 1 amide bonds. The molecule has 28 heavy (non-hydrogen) atoms. The average molecular weight is 379 g/mol. The number of carbonyl (C=O) groups excluding carboxylic acids is 2. The first-order valence-electron chi connectivity index (χ1n) is 9.90. The number of anilines is 1. The van der Waals surface area contributed by atoms with Crippen molar-refractivity contribution in [3.05, 3.63) is 59.9 Å². The number of ketones is 1. The highest BCUT2D eigenvalue weighted by molar-refractivity contribution is 6.10. The van der Waals surface area contributed by atoms with Crippen molar-refractivity contribution in [2.45, 2.75) is 37.7 Å². The number of benzene rings is 1. The van der Waals surface area contributed by atoms with Crippen LogP contribution >= 0.6 is 0 Å². The van der Waals surface area contributed by atoms with Gasteiger partial charge in [-0.15, -0.1) is 0 Å². The number of amides is 1. The summed E-state index contributed by atoms with van der Waals surface area (Å²) in [6, 6.07) is 12.3. The summed E-state index contributed by atoms with van der Waals surface area (Å²) in [7, 11) is 0. The van der Waals surface area contributed by atoms with Crippen LogP contribution in [0.5, 0.6) is 0 Å². The minimum absolute atomic E-state index is 0.257. The molecular weight excluding hydrogens is 354 g/mol. The van der Waals surface area contributed by atoms with Crippen LogP contribution < -0.4 is 4.90 Å². The van der Waals surface area contributed by atoms with Gasteiger partial charge in [-0.05, 0) is 44.1 Å². The second kappa shape index (κ2) is 7.81. The maximum absolute atomic E-state index is 13.3. The van der Waals surface area contributed by atoms with E-state index in [0.717, 1.165) is 25.9 Å². The fourth-order valence-electron chi connectivity index (χ4n) is 4.15. The zero-order chi connectivity index (χ0) is 19.6. The lowest BCUT2D eigenvalue weighted by Crippen LogP contribution is -2.46. The lowest BCUT2D eigenvalue weighted by Gasteiger charge is -2.28. The molecule has 0 unspecified atom stereocenters. The number of Topliss-reactive ketones (excluding diaryl/α,β-unsaturated/α-hetero) is 1. The quantitative estimate of drug-likeness (QED) is 0.809. The summed E-state index contributed by atoms with van der Waals surface area (Å²) in [4.78, 5) is 33.9. The van der Waals surface area contributed by atoms with Gasteiger partial charge in [0.05, 0.1) is 18.8 Å². The number of carbonyl (C=O) groups is 2. The highest BCUT2D eigenvalue weighted by Crippen LogP contribution is 2.42. The smallest absolute Gasteiger partial charge is 0.265 e. The number of pyridine rings is 1. The first-order valence-corrected chi connectivity index (χ1v) is 9.90. The Kier molecular flexibility index (Phi) is 5.24. The van der Waals surface area contributed by atoms with Crippen LogP contribution in [0.4, 0.5) is 5.69 Å². The zero-order valence-corrected chi connectivity index (χ0v) is 15.9. The second-order valence-corrected chi connectivity index (χ2v) is 7.60. The van der Waals surface area contributed by atoms with E-state index in [1.807, 2.05) is 12.1 Å². The van der Waals surface area contributed by atoms with Crippen LogP contribution in [0, 0.1) is 0 Å². The van der Waals surface area contributed by atoms with Crippen molar-refractivity contribution >= 4 is 17.4 Å². The Morgan fingerprint density at radius 2 is 1.75 bits per heavy atom. The van der Waals surface area contributed by atoms with Crippen molar-refractivity contribution in [1.82, 2.24) is 9.88 Å². The van der Waals surface area contributed by atoms with Gasteiger partial charge in [-0.25, -0.2) is 0 Å². The first-order chi connectivity index (χ1) is 13.6. The Bertz CT molecular complexity index is 862. The maximum atomic E-state index is 13.3. The van der Waals surface area contributed by atoms with Gasteiger partial charge in [0.1, 0.15) is 5.69 Å². The summed E-state index contributed by atoms with van der Waals surface area (Å²) in [6.07, 6.45) is 5.88. The van der Waals surface area contributed by atoms with Crippen molar-refractivity contribution in [2.75, 3.05) is 24.7 Å². The standard InChI is InChI=1S/C22H25N3O3/c26-20(18-10-5-6-12-23-18)15-22(28)17-9-3-4-11-19(17)25(21(22)27)16-24-13-7-1-2-8-14-24/h3-6,9-12,28H,1-2,7-8,13-16H2/t22-/m0/s1. The third-order valence-corrected chi connectivity index (χ3v) is 5.65. The van der Waals surface area contributed by atoms with E-state index in [4.69, 9.17) is 0 Å². The van der Waals surface area contributed by atoms with Crippen LogP contribution in [0.3, 0.4) is 0 Å². The van der Waals surface area contributed by atoms with Gasteiger partial charge < -0.3 is 5.11 Å². The highest BCUT2D eigenvalue weighted by atomic mass is 16.3. The number of para-hydroxylation sites is 1. The van der Waals surface area contributed by atoms with Crippen molar-refractivity contribution in [2.24, 2.45) is 0 Å². The van der Waals surface area contributed by atoms with E-state index < -0.39 is 11.5 Å². The van der Waals surface area contributed by atoms with Gasteiger partial charge in [0, 0.05) is 11.8 Å². The van der Waals surface area contributed by atoms with E-state index in [0.29, 0.717) is 17.9 Å². The van der Waals surface area contributed by atoms with Crippen LogP contribution in [0.15, 0.2) is 48.7 Å². The van der Waals surface area contributed by atoms with Crippen molar-refractivity contribution in [3.63, 3.8) is 0 Å². The van der Waals surface area contributed by atoms with E-state index in [1.54, 1.807) is 35.2 Å². The van der Waals surface area contributed by atoms with Crippen molar-refractivity contribution < 1.29 is 14.7 Å². The van der Waals surface area contributed by atoms with Gasteiger partial charge in [-0.2, -0.15) is 0 Å². The molecule has 4 rings (SSSR count). The fraction of sp³-hybridized carbons (Fsp3) is 0.409. The third kappa shape index (κ3) is 3.45. The fourth-order valence-corrected chi connectivity index (χ4v) is 4.15. The molecule has 0 spiro atoms. The Morgan fingerprint density at radius 3 is 2.46 bits per heavy atom. The van der Waals surface area contributed by atoms with E-state index in [-0.39, 0.29) is 17.9 Å². The van der Waals surface area contributed by atoms with Crippen LogP contribution in [-0.2, 0) is 10.4 Å². The van der Waals surface area contributed by atoms with E-state index in [9.17, 15) is 14.7 Å². The van der Waals surface area contributed by atoms with Crippen LogP contribution in [0.25, 0.3) is 0 Å². The second-order valence-electron chi connectivity index (χ2n) is 7.60. The minimum Gasteiger partial charge on any atom is -0.375 e. The van der Waals surface area contributed by atoms with E-state index in [2.05, 4.69) is 9.88 Å². The summed E-state index contributed by atoms with van der Waals surface area (Å²) in [6.45, 7) is 2.32. The number of nitrogens with zero attached hydrogens (tertiary/aromatic N) is 3. The molecule has 1 N–H and O–H groups in total. The number of hydrogen-bond acceptors (Lipinski definition) is 5. The number of likely N-dealkylation sites (tertiary alicyclic amines) is 1. The lowest BCUT2D eigenvalue weighted by atomic mass is 9.89. The molecule has 0 radical (unpaired) electrons. The van der Waals surface area contributed by atoms with Gasteiger partial charge in [-0.1, -0.05) is 37.1 Å². The summed E-state index contributed by atoms with van der Waals surface area (Å²) < 4.78 is 0. The van der Waals surface area contributed by atoms with Crippen LogP contribution in [-0.4, -0.2) is 46.4 Å². The molecule has 2 aromatic rings. The molecule has 146 valence electrons. The number of hydrogen-bond donors (Lipinski definition) is 1. The Labute approximate surface area is 164 Å². The van der Waals surface area contributed by atoms with Crippen molar-refractivity contribution in [3.8, 4) is 0 Å². The minimum atomic E-state index is -1.85. The number of aromatic nitrogens is 1. The molecule has 1 aromatic heterocycles. The number of aliphatic hydroxyl groups is 1. The highest BCUT2D eigenvalue weighted by Gasteiger charge is 2.51. The molecule has 0 bridgehead atoms. The zero-order valence-electron chi connectivity index (χ0n) is 15.9. The lowest BCUT2D eigenvalue weighted by molar-refractivity contribution is -0.136. The molecule has 6 nitrogen and oxygen atoms in total. The molecule has 0 aliphatic carbocycles. The average Bonchev–Trinajstić information content (AvgIpc) is 2.91. The van der Waals surface area contributed by atoms with Gasteiger partial charge >= 0.3 is 0 Å². The van der Waals surface area contributed by atoms with Gasteiger partial charge in [0.25, 0.3) is 5.91 Å². The van der Waals surface area contributed by atoms with Crippen molar-refractivity contribution in [1.29, 1.82) is 0 Å². The molecule has 0 saturated carbocycles. The Balaban J connectivity index is 1.61. The van der Waals surface area contributed by atoms with E-state index in [1.165, 1.54) is 19.0 Å².